The van der Waals surface area contributed by atoms with Crippen molar-refractivity contribution in [2.45, 2.75) is 71.4 Å². The number of carboxylic acids is 1. The predicted molar refractivity (Wildman–Crippen MR) is 163 cm³/mol. The van der Waals surface area contributed by atoms with Crippen molar-refractivity contribution in [3.8, 4) is 11.1 Å². The van der Waals surface area contributed by atoms with Crippen molar-refractivity contribution in [3.63, 3.8) is 0 Å². The van der Waals surface area contributed by atoms with Crippen LogP contribution in [0.25, 0.3) is 11.1 Å². The summed E-state index contributed by atoms with van der Waals surface area (Å²) in [6.45, 7) is 4.62. The molecule has 1 aromatic carbocycles. The number of aliphatic carboxylic acids is 1. The van der Waals surface area contributed by atoms with Gasteiger partial charge in [-0.15, -0.1) is 0 Å². The van der Waals surface area contributed by atoms with Gasteiger partial charge in [-0.1, -0.05) is 31.4 Å². The van der Waals surface area contributed by atoms with E-state index in [1.54, 1.807) is 6.07 Å². The number of carboxylic acid groups (broad SMARTS) is 1. The molecular weight excluding hydrogens is 566 g/mol. The minimum absolute atomic E-state index is 0.0181. The fourth-order valence-electron chi connectivity index (χ4n) is 5.52. The largest absolute Gasteiger partial charge is 0.481 e. The molecule has 1 saturated carbocycles. The number of carbonyl (C=O) groups is 4. The van der Waals surface area contributed by atoms with Crippen molar-refractivity contribution in [2.24, 2.45) is 5.92 Å². The third kappa shape index (κ3) is 8.99. The van der Waals surface area contributed by atoms with Crippen LogP contribution >= 0.6 is 0 Å². The van der Waals surface area contributed by atoms with E-state index in [2.05, 4.69) is 31.2 Å². The van der Waals surface area contributed by atoms with Crippen molar-refractivity contribution in [3.05, 3.63) is 53.6 Å². The van der Waals surface area contributed by atoms with Gasteiger partial charge in [0.05, 0.1) is 31.9 Å². The van der Waals surface area contributed by atoms with Gasteiger partial charge < -0.3 is 25.8 Å². The van der Waals surface area contributed by atoms with Crippen LogP contribution in [0.5, 0.6) is 0 Å². The Bertz CT molecular complexity index is 1410. The van der Waals surface area contributed by atoms with E-state index in [-0.39, 0.29) is 56.9 Å². The van der Waals surface area contributed by atoms with Crippen LogP contribution in [0.15, 0.2) is 36.5 Å². The molecular formula is C31H41N7O6. The van der Waals surface area contributed by atoms with Crippen LogP contribution in [-0.2, 0) is 25.7 Å². The Balaban J connectivity index is 1.33. The third-order valence-electron chi connectivity index (χ3n) is 7.79. The fourth-order valence-corrected chi connectivity index (χ4v) is 5.52. The van der Waals surface area contributed by atoms with Gasteiger partial charge in [0.15, 0.2) is 0 Å². The SMILES string of the molecule is Cc1n[nH]c(C)c1-c1ccc(NC(=O)[C@@H](NC(=O)c2ccnn2CCOCCC(=O)NCCC(=O)O)C2CCCCC2)cc1. The Labute approximate surface area is 256 Å². The molecule has 13 heteroatoms. The average molecular weight is 608 g/mol. The summed E-state index contributed by atoms with van der Waals surface area (Å²) >= 11 is 0. The lowest BCUT2D eigenvalue weighted by atomic mass is 9.83. The number of rotatable bonds is 15. The number of aromatic amines is 1. The molecule has 44 heavy (non-hydrogen) atoms. The second kappa shape index (κ2) is 15.8. The van der Waals surface area contributed by atoms with Crippen molar-refractivity contribution >= 4 is 29.4 Å². The summed E-state index contributed by atoms with van der Waals surface area (Å²) in [4.78, 5) is 49.3. The monoisotopic (exact) mass is 607 g/mol. The molecule has 3 aromatic rings. The van der Waals surface area contributed by atoms with E-state index in [0.717, 1.165) is 54.6 Å². The van der Waals surface area contributed by atoms with Gasteiger partial charge in [-0.05, 0) is 56.4 Å². The van der Waals surface area contributed by atoms with Crippen LogP contribution in [0.4, 0.5) is 5.69 Å². The lowest BCUT2D eigenvalue weighted by Crippen LogP contribution is -2.49. The van der Waals surface area contributed by atoms with Gasteiger partial charge in [0, 0.05) is 36.1 Å². The minimum atomic E-state index is -0.979. The number of anilines is 1. The Morgan fingerprint density at radius 1 is 1.05 bits per heavy atom. The van der Waals surface area contributed by atoms with Crippen molar-refractivity contribution < 1.29 is 29.0 Å². The summed E-state index contributed by atoms with van der Waals surface area (Å²) in [6.07, 6.45) is 6.31. The second-order valence-electron chi connectivity index (χ2n) is 11.0. The standard InChI is InChI=1S/C31H41N7O6/c1-20-28(21(2)37-36-20)22-8-10-24(11-9-22)34-31(43)29(23-6-4-3-5-7-23)35-30(42)25-12-16-33-38(25)17-19-44-18-14-26(39)32-15-13-27(40)41/h8-12,16,23,29H,3-7,13-15,17-19H2,1-2H3,(H,32,39)(H,34,43)(H,35,42)(H,36,37)(H,40,41)/t29-/m0/s1. The van der Waals surface area contributed by atoms with E-state index in [1.807, 2.05) is 38.1 Å². The van der Waals surface area contributed by atoms with Crippen LogP contribution in [0.3, 0.4) is 0 Å². The van der Waals surface area contributed by atoms with E-state index < -0.39 is 17.9 Å². The van der Waals surface area contributed by atoms with Crippen LogP contribution in [-0.4, -0.2) is 74.6 Å². The highest BCUT2D eigenvalue weighted by atomic mass is 16.5. The summed E-state index contributed by atoms with van der Waals surface area (Å²) in [5.74, 6) is -1.91. The van der Waals surface area contributed by atoms with E-state index in [4.69, 9.17) is 9.84 Å². The smallest absolute Gasteiger partial charge is 0.305 e. The number of amides is 3. The number of benzene rings is 1. The first-order chi connectivity index (χ1) is 21.2. The topological polar surface area (TPSA) is 180 Å². The molecule has 13 nitrogen and oxygen atoms in total. The van der Waals surface area contributed by atoms with Crippen molar-refractivity contribution in [1.29, 1.82) is 0 Å². The molecule has 0 radical (unpaired) electrons. The zero-order valence-corrected chi connectivity index (χ0v) is 25.2. The number of carbonyl (C=O) groups excluding carboxylic acids is 3. The number of hydrogen-bond donors (Lipinski definition) is 5. The van der Waals surface area contributed by atoms with Gasteiger partial charge in [-0.25, -0.2) is 0 Å². The van der Waals surface area contributed by atoms with Gasteiger partial charge in [0.25, 0.3) is 5.91 Å². The maximum atomic E-state index is 13.6. The number of nitrogens with one attached hydrogen (secondary N) is 4. The number of nitrogens with zero attached hydrogens (tertiary/aromatic N) is 3. The molecule has 0 saturated heterocycles. The third-order valence-corrected chi connectivity index (χ3v) is 7.79. The van der Waals surface area contributed by atoms with E-state index in [1.165, 1.54) is 10.9 Å². The molecule has 4 rings (SSSR count). The quantitative estimate of drug-likeness (QED) is 0.163. The fraction of sp³-hybridized carbons (Fsp3) is 0.484. The van der Waals surface area contributed by atoms with E-state index in [9.17, 15) is 19.2 Å². The van der Waals surface area contributed by atoms with Crippen LogP contribution in [0, 0.1) is 19.8 Å². The second-order valence-corrected chi connectivity index (χ2v) is 11.0. The molecule has 236 valence electrons. The summed E-state index contributed by atoms with van der Waals surface area (Å²) in [5.41, 5.74) is 4.87. The Kier molecular flexibility index (Phi) is 11.6. The molecule has 1 fully saturated rings. The summed E-state index contributed by atoms with van der Waals surface area (Å²) in [6, 6.07) is 8.49. The first-order valence-electron chi connectivity index (χ1n) is 15.0. The first kappa shape index (κ1) is 32.4. The molecule has 0 bridgehead atoms. The lowest BCUT2D eigenvalue weighted by molar-refractivity contribution is -0.137. The molecule has 5 N–H and O–H groups in total. The molecule has 1 atom stereocenters. The Morgan fingerprint density at radius 2 is 1.80 bits per heavy atom. The number of aromatic nitrogens is 4. The van der Waals surface area contributed by atoms with Crippen LogP contribution < -0.4 is 16.0 Å². The first-order valence-corrected chi connectivity index (χ1v) is 15.0. The summed E-state index contributed by atoms with van der Waals surface area (Å²) < 4.78 is 7.04. The maximum absolute atomic E-state index is 13.6. The Morgan fingerprint density at radius 3 is 2.48 bits per heavy atom. The summed E-state index contributed by atoms with van der Waals surface area (Å²) in [7, 11) is 0. The van der Waals surface area contributed by atoms with Gasteiger partial charge in [-0.3, -0.25) is 29.0 Å². The maximum Gasteiger partial charge on any atom is 0.305 e. The molecule has 1 aliphatic carbocycles. The van der Waals surface area contributed by atoms with Gasteiger partial charge in [0.1, 0.15) is 11.7 Å². The lowest BCUT2D eigenvalue weighted by Gasteiger charge is -2.30. The molecule has 0 spiro atoms. The molecule has 2 aromatic heterocycles. The minimum Gasteiger partial charge on any atom is -0.481 e. The predicted octanol–water partition coefficient (Wildman–Crippen LogP) is 3.21. The van der Waals surface area contributed by atoms with Gasteiger partial charge in [-0.2, -0.15) is 10.2 Å². The van der Waals surface area contributed by atoms with Crippen molar-refractivity contribution in [1.82, 2.24) is 30.6 Å². The highest BCUT2D eigenvalue weighted by molar-refractivity contribution is 6.00. The van der Waals surface area contributed by atoms with Gasteiger partial charge in [0.2, 0.25) is 11.8 Å². The highest BCUT2D eigenvalue weighted by Gasteiger charge is 2.32. The molecule has 0 aliphatic heterocycles. The van der Waals surface area contributed by atoms with Crippen LogP contribution in [0.1, 0.15) is 66.8 Å². The number of H-pyrrole nitrogens is 1. The van der Waals surface area contributed by atoms with Crippen molar-refractivity contribution in [2.75, 3.05) is 25.1 Å². The highest BCUT2D eigenvalue weighted by Crippen LogP contribution is 2.29. The number of hydrogen-bond acceptors (Lipinski definition) is 7. The van der Waals surface area contributed by atoms with E-state index >= 15 is 0 Å². The Hall–Kier alpha value is -4.52. The van der Waals surface area contributed by atoms with Gasteiger partial charge >= 0.3 is 5.97 Å². The zero-order chi connectivity index (χ0) is 31.5. The molecule has 3 amide bonds. The molecule has 1 aliphatic rings. The molecule has 2 heterocycles. The molecule has 0 unspecified atom stereocenters. The van der Waals surface area contributed by atoms with E-state index in [0.29, 0.717) is 11.4 Å². The number of aryl methyl sites for hydroxylation is 2. The number of ether oxygens (including phenoxy) is 1. The van der Waals surface area contributed by atoms with Crippen LogP contribution in [0.2, 0.25) is 0 Å². The average Bonchev–Trinajstić information content (AvgIpc) is 3.62. The zero-order valence-electron chi connectivity index (χ0n) is 25.2. The summed E-state index contributed by atoms with van der Waals surface area (Å²) in [5, 5.41) is 28.6. The normalized spacial score (nSPS) is 14.1.